The number of hydrogen-bond acceptors (Lipinski definition) is 3. The second-order valence-electron chi connectivity index (χ2n) is 4.29. The molecule has 3 rings (SSSR count). The summed E-state index contributed by atoms with van der Waals surface area (Å²) in [5, 5.41) is 10.8. The summed E-state index contributed by atoms with van der Waals surface area (Å²) < 4.78 is 5.79. The highest BCUT2D eigenvalue weighted by Gasteiger charge is 2.15. The lowest BCUT2D eigenvalue weighted by Gasteiger charge is -2.18. The summed E-state index contributed by atoms with van der Waals surface area (Å²) in [7, 11) is 0. The summed E-state index contributed by atoms with van der Waals surface area (Å²) in [4.78, 5) is 10.4. The van der Waals surface area contributed by atoms with Crippen LogP contribution in [0.4, 0.5) is 5.69 Å². The van der Waals surface area contributed by atoms with Crippen molar-refractivity contribution in [2.45, 2.75) is 6.42 Å². The third-order valence-corrected chi connectivity index (χ3v) is 3.04. The van der Waals surface area contributed by atoms with E-state index in [1.54, 1.807) is 6.07 Å². The molecule has 2 aromatic carbocycles. The van der Waals surface area contributed by atoms with Crippen molar-refractivity contribution in [3.05, 3.63) is 75.8 Å². The van der Waals surface area contributed by atoms with Gasteiger partial charge in [-0.3, -0.25) is 10.1 Å². The molecule has 1 aliphatic heterocycles. The lowest BCUT2D eigenvalue weighted by atomic mass is 10.0. The minimum atomic E-state index is -0.402. The lowest BCUT2D eigenvalue weighted by molar-refractivity contribution is -0.384. The first-order valence-corrected chi connectivity index (χ1v) is 5.95. The van der Waals surface area contributed by atoms with Crippen molar-refractivity contribution in [1.29, 1.82) is 0 Å². The van der Waals surface area contributed by atoms with E-state index in [0.717, 1.165) is 23.3 Å². The van der Waals surface area contributed by atoms with E-state index in [2.05, 4.69) is 0 Å². The Hall–Kier alpha value is -2.62. The van der Waals surface area contributed by atoms with Crippen LogP contribution in [0.2, 0.25) is 0 Å². The standard InChI is InChI=1S/C15H11NO3/c17-16(18)13-6-3-5-12(10-13)15-9-8-11-4-1-2-7-14(11)19-15/h1-7,9-10H,8H2. The van der Waals surface area contributed by atoms with Gasteiger partial charge < -0.3 is 4.74 Å². The average Bonchev–Trinajstić information content (AvgIpc) is 2.47. The zero-order valence-electron chi connectivity index (χ0n) is 10.1. The smallest absolute Gasteiger partial charge is 0.270 e. The van der Waals surface area contributed by atoms with Crippen molar-refractivity contribution < 1.29 is 9.66 Å². The number of para-hydroxylation sites is 1. The Morgan fingerprint density at radius 3 is 2.79 bits per heavy atom. The molecule has 0 saturated heterocycles. The molecule has 0 amide bonds. The molecule has 1 aliphatic rings. The molecule has 0 saturated carbocycles. The fraction of sp³-hybridized carbons (Fsp3) is 0.0667. The lowest BCUT2D eigenvalue weighted by Crippen LogP contribution is -2.04. The van der Waals surface area contributed by atoms with Crippen molar-refractivity contribution in [1.82, 2.24) is 0 Å². The van der Waals surface area contributed by atoms with Gasteiger partial charge in [-0.1, -0.05) is 30.3 Å². The molecule has 0 radical (unpaired) electrons. The number of fused-ring (bicyclic) bond motifs is 1. The van der Waals surface area contributed by atoms with Crippen LogP contribution in [0.1, 0.15) is 11.1 Å². The van der Waals surface area contributed by atoms with Gasteiger partial charge in [0.2, 0.25) is 0 Å². The van der Waals surface area contributed by atoms with Gasteiger partial charge in [0.25, 0.3) is 5.69 Å². The van der Waals surface area contributed by atoms with Crippen LogP contribution in [0.15, 0.2) is 54.6 Å². The van der Waals surface area contributed by atoms with Gasteiger partial charge in [-0.05, 0) is 24.1 Å². The summed E-state index contributed by atoms with van der Waals surface area (Å²) in [5.41, 5.74) is 1.92. The van der Waals surface area contributed by atoms with Crippen LogP contribution in [0.25, 0.3) is 5.76 Å². The van der Waals surface area contributed by atoms with Crippen LogP contribution < -0.4 is 4.74 Å². The van der Waals surface area contributed by atoms with E-state index in [-0.39, 0.29) is 5.69 Å². The van der Waals surface area contributed by atoms with Crippen molar-refractivity contribution >= 4 is 11.4 Å². The summed E-state index contributed by atoms with van der Waals surface area (Å²) in [6.07, 6.45) is 2.72. The molecule has 0 atom stereocenters. The van der Waals surface area contributed by atoms with E-state index in [4.69, 9.17) is 4.74 Å². The predicted octanol–water partition coefficient (Wildman–Crippen LogP) is 3.57. The van der Waals surface area contributed by atoms with Crippen molar-refractivity contribution in [3.63, 3.8) is 0 Å². The Balaban J connectivity index is 1.95. The fourth-order valence-corrected chi connectivity index (χ4v) is 2.08. The minimum Gasteiger partial charge on any atom is -0.457 e. The van der Waals surface area contributed by atoms with Crippen molar-refractivity contribution in [3.8, 4) is 5.75 Å². The molecular formula is C15H11NO3. The summed E-state index contributed by atoms with van der Waals surface area (Å²) in [6, 6.07) is 14.3. The molecule has 19 heavy (non-hydrogen) atoms. The van der Waals surface area contributed by atoms with E-state index < -0.39 is 4.92 Å². The highest BCUT2D eigenvalue weighted by molar-refractivity contribution is 5.66. The summed E-state index contributed by atoms with van der Waals surface area (Å²) in [6.45, 7) is 0. The molecule has 0 unspecified atom stereocenters. The maximum atomic E-state index is 10.8. The van der Waals surface area contributed by atoms with Crippen LogP contribution >= 0.6 is 0 Å². The summed E-state index contributed by atoms with van der Waals surface area (Å²) >= 11 is 0. The Bertz CT molecular complexity index is 677. The maximum Gasteiger partial charge on any atom is 0.270 e. The number of ether oxygens (including phenoxy) is 1. The quantitative estimate of drug-likeness (QED) is 0.607. The van der Waals surface area contributed by atoms with E-state index >= 15 is 0 Å². The minimum absolute atomic E-state index is 0.0702. The van der Waals surface area contributed by atoms with Crippen LogP contribution in [0, 0.1) is 10.1 Å². The molecule has 94 valence electrons. The molecule has 0 aliphatic carbocycles. The second-order valence-corrected chi connectivity index (χ2v) is 4.29. The topological polar surface area (TPSA) is 52.4 Å². The molecule has 0 N–H and O–H groups in total. The molecule has 4 nitrogen and oxygen atoms in total. The van der Waals surface area contributed by atoms with Gasteiger partial charge in [0, 0.05) is 17.7 Å². The number of nitro groups is 1. The Kier molecular flexibility index (Phi) is 2.76. The van der Waals surface area contributed by atoms with Gasteiger partial charge in [0.1, 0.15) is 11.5 Å². The van der Waals surface area contributed by atoms with Crippen molar-refractivity contribution in [2.24, 2.45) is 0 Å². The Labute approximate surface area is 110 Å². The molecular weight excluding hydrogens is 242 g/mol. The molecule has 0 fully saturated rings. The molecule has 0 aromatic heterocycles. The first kappa shape index (κ1) is 11.5. The first-order chi connectivity index (χ1) is 9.24. The van der Waals surface area contributed by atoms with Crippen molar-refractivity contribution in [2.75, 3.05) is 0 Å². The third kappa shape index (κ3) is 2.20. The number of non-ortho nitro benzene ring substituents is 1. The second kappa shape index (κ2) is 4.57. The zero-order chi connectivity index (χ0) is 13.2. The highest BCUT2D eigenvalue weighted by Crippen LogP contribution is 2.31. The molecule has 2 aromatic rings. The number of nitro benzene ring substituents is 1. The van der Waals surface area contributed by atoms with E-state index in [1.165, 1.54) is 12.1 Å². The Morgan fingerprint density at radius 1 is 1.11 bits per heavy atom. The van der Waals surface area contributed by atoms with Gasteiger partial charge in [-0.15, -0.1) is 0 Å². The maximum absolute atomic E-state index is 10.8. The molecule has 1 heterocycles. The summed E-state index contributed by atoms with van der Waals surface area (Å²) in [5.74, 6) is 1.48. The van der Waals surface area contributed by atoms with Crippen LogP contribution in [-0.2, 0) is 6.42 Å². The zero-order valence-corrected chi connectivity index (χ0v) is 10.1. The van der Waals surface area contributed by atoms with Crippen LogP contribution in [-0.4, -0.2) is 4.92 Å². The SMILES string of the molecule is O=[N+]([O-])c1cccc(C2=CCc3ccccc3O2)c1. The number of nitrogens with zero attached hydrogens (tertiary/aromatic N) is 1. The monoisotopic (exact) mass is 253 g/mol. The van der Waals surface area contributed by atoms with Gasteiger partial charge >= 0.3 is 0 Å². The van der Waals surface area contributed by atoms with Crippen LogP contribution in [0.3, 0.4) is 0 Å². The average molecular weight is 253 g/mol. The van der Waals surface area contributed by atoms with E-state index in [1.807, 2.05) is 36.4 Å². The van der Waals surface area contributed by atoms with Gasteiger partial charge in [-0.25, -0.2) is 0 Å². The highest BCUT2D eigenvalue weighted by atomic mass is 16.6. The van der Waals surface area contributed by atoms with Gasteiger partial charge in [0.05, 0.1) is 4.92 Å². The number of rotatable bonds is 2. The number of allylic oxidation sites excluding steroid dienone is 1. The fourth-order valence-electron chi connectivity index (χ4n) is 2.08. The van der Waals surface area contributed by atoms with Gasteiger partial charge in [0.15, 0.2) is 0 Å². The molecule has 4 heteroatoms. The predicted molar refractivity (Wildman–Crippen MR) is 71.8 cm³/mol. The third-order valence-electron chi connectivity index (χ3n) is 3.04. The number of benzene rings is 2. The number of hydrogen-bond donors (Lipinski definition) is 0. The Morgan fingerprint density at radius 2 is 1.95 bits per heavy atom. The van der Waals surface area contributed by atoms with E-state index in [0.29, 0.717) is 5.76 Å². The normalized spacial score (nSPS) is 13.2. The first-order valence-electron chi connectivity index (χ1n) is 5.95. The van der Waals surface area contributed by atoms with Crippen LogP contribution in [0.5, 0.6) is 5.75 Å². The molecule has 0 spiro atoms. The molecule has 0 bridgehead atoms. The van der Waals surface area contributed by atoms with E-state index in [9.17, 15) is 10.1 Å². The van der Waals surface area contributed by atoms with Gasteiger partial charge in [-0.2, -0.15) is 0 Å². The largest absolute Gasteiger partial charge is 0.457 e.